The lowest BCUT2D eigenvalue weighted by atomic mass is 10.1. The fourth-order valence-corrected chi connectivity index (χ4v) is 3.37. The first-order valence-electron chi connectivity index (χ1n) is 8.49. The molecule has 0 saturated carbocycles. The van der Waals surface area contributed by atoms with Crippen molar-refractivity contribution in [3.8, 4) is 0 Å². The minimum absolute atomic E-state index is 0.611. The van der Waals surface area contributed by atoms with Crippen molar-refractivity contribution in [1.82, 2.24) is 10.2 Å². The first kappa shape index (κ1) is 18.5. The zero-order valence-corrected chi connectivity index (χ0v) is 15.0. The van der Waals surface area contributed by atoms with Crippen LogP contribution in [0.25, 0.3) is 0 Å². The Hall–Kier alpha value is -1.82. The molecule has 0 spiro atoms. The van der Waals surface area contributed by atoms with Gasteiger partial charge in [-0.3, -0.25) is 14.9 Å². The summed E-state index contributed by atoms with van der Waals surface area (Å²) in [6.45, 7) is 11.9. The molecule has 5 nitrogen and oxygen atoms in total. The summed E-state index contributed by atoms with van der Waals surface area (Å²) in [7, 11) is 1.50. The number of nitrogens with one attached hydrogen (secondary N) is 1. The third kappa shape index (κ3) is 4.60. The van der Waals surface area contributed by atoms with E-state index in [1.165, 1.54) is 30.2 Å². The van der Waals surface area contributed by atoms with Gasteiger partial charge in [-0.05, 0) is 63.8 Å². The van der Waals surface area contributed by atoms with E-state index in [9.17, 15) is 0 Å². The number of likely N-dealkylation sites (tertiary alicyclic amines) is 1. The first-order valence-corrected chi connectivity index (χ1v) is 8.49. The lowest BCUT2D eigenvalue weighted by Gasteiger charge is -2.21. The van der Waals surface area contributed by atoms with Gasteiger partial charge in [0.25, 0.3) is 0 Å². The van der Waals surface area contributed by atoms with Crippen LogP contribution in [0.5, 0.6) is 0 Å². The topological polar surface area (TPSA) is 66.0 Å². The highest BCUT2D eigenvalue weighted by Gasteiger charge is 2.30. The van der Waals surface area contributed by atoms with Crippen molar-refractivity contribution >= 4 is 18.1 Å². The molecule has 2 fully saturated rings. The molecule has 2 aliphatic heterocycles. The Balaban J connectivity index is 0.00000100. The lowest BCUT2D eigenvalue weighted by Crippen LogP contribution is -2.35. The highest BCUT2D eigenvalue weighted by Crippen LogP contribution is 2.24. The molecule has 0 radical (unpaired) electrons. The molecule has 3 N–H and O–H groups in total. The smallest absolute Gasteiger partial charge is 0.0638 e. The first-order chi connectivity index (χ1) is 11.7. The molecule has 2 saturated heterocycles. The zero-order chi connectivity index (χ0) is 17.5. The maximum Gasteiger partial charge on any atom is 0.0638 e. The molecule has 0 aromatic heterocycles. The van der Waals surface area contributed by atoms with Crippen LogP contribution >= 0.6 is 0 Å². The summed E-state index contributed by atoms with van der Waals surface area (Å²) in [5.74, 6) is 0. The number of hydrogen-bond acceptors (Lipinski definition) is 5. The average Bonchev–Trinajstić information content (AvgIpc) is 3.19. The summed E-state index contributed by atoms with van der Waals surface area (Å²) in [6.07, 6.45) is 3.08. The SMILES string of the molecule is C=N/C=C1/CN(C2CCNC2)CC1=Nc1cc(C)cc(C)c1.CN. The van der Waals surface area contributed by atoms with Crippen LogP contribution in [0.2, 0.25) is 0 Å². The minimum atomic E-state index is 0.611. The Bertz CT molecular complexity index is 606. The summed E-state index contributed by atoms with van der Waals surface area (Å²) >= 11 is 0. The molecule has 24 heavy (non-hydrogen) atoms. The number of nitrogens with two attached hydrogens (primary N) is 1. The van der Waals surface area contributed by atoms with Crippen molar-refractivity contribution in [2.24, 2.45) is 15.7 Å². The third-order valence-electron chi connectivity index (χ3n) is 4.37. The molecule has 0 amide bonds. The molecule has 2 aliphatic rings. The Kier molecular flexibility index (Phi) is 6.85. The van der Waals surface area contributed by atoms with E-state index in [4.69, 9.17) is 4.99 Å². The highest BCUT2D eigenvalue weighted by molar-refractivity contribution is 6.05. The Morgan fingerprint density at radius 3 is 2.50 bits per heavy atom. The van der Waals surface area contributed by atoms with Gasteiger partial charge in [-0.25, -0.2) is 0 Å². The van der Waals surface area contributed by atoms with Crippen molar-refractivity contribution in [3.05, 3.63) is 41.1 Å². The van der Waals surface area contributed by atoms with E-state index in [-0.39, 0.29) is 0 Å². The van der Waals surface area contributed by atoms with Crippen molar-refractivity contribution in [2.75, 3.05) is 33.2 Å². The molecule has 130 valence electrons. The molecule has 0 aliphatic carbocycles. The van der Waals surface area contributed by atoms with E-state index in [1.54, 1.807) is 0 Å². The van der Waals surface area contributed by atoms with Crippen molar-refractivity contribution < 1.29 is 0 Å². The maximum absolute atomic E-state index is 4.90. The van der Waals surface area contributed by atoms with E-state index in [0.717, 1.165) is 37.6 Å². The van der Waals surface area contributed by atoms with Gasteiger partial charge < -0.3 is 11.1 Å². The molecular weight excluding hydrogens is 298 g/mol. The molecule has 1 unspecified atom stereocenters. The lowest BCUT2D eigenvalue weighted by molar-refractivity contribution is 0.275. The molecule has 0 bridgehead atoms. The number of aliphatic imine (C=N–C) groups is 2. The van der Waals surface area contributed by atoms with Crippen molar-refractivity contribution in [1.29, 1.82) is 0 Å². The number of hydrogen-bond donors (Lipinski definition) is 2. The zero-order valence-electron chi connectivity index (χ0n) is 15.0. The normalized spacial score (nSPS) is 24.2. The van der Waals surface area contributed by atoms with Gasteiger partial charge in [0.2, 0.25) is 0 Å². The van der Waals surface area contributed by atoms with Crippen LogP contribution < -0.4 is 11.1 Å². The quantitative estimate of drug-likeness (QED) is 0.837. The van der Waals surface area contributed by atoms with E-state index < -0.39 is 0 Å². The number of aryl methyl sites for hydroxylation is 2. The maximum atomic E-state index is 4.90. The second-order valence-corrected chi connectivity index (χ2v) is 6.29. The number of rotatable bonds is 3. The van der Waals surface area contributed by atoms with E-state index in [0.29, 0.717) is 6.04 Å². The van der Waals surface area contributed by atoms with Gasteiger partial charge in [0.1, 0.15) is 0 Å². The van der Waals surface area contributed by atoms with Gasteiger partial charge >= 0.3 is 0 Å². The Morgan fingerprint density at radius 2 is 1.92 bits per heavy atom. The van der Waals surface area contributed by atoms with E-state index >= 15 is 0 Å². The Labute approximate surface area is 145 Å². The summed E-state index contributed by atoms with van der Waals surface area (Å²) in [5.41, 5.74) is 10.4. The Morgan fingerprint density at radius 1 is 1.21 bits per heavy atom. The van der Waals surface area contributed by atoms with E-state index in [1.807, 2.05) is 6.20 Å². The van der Waals surface area contributed by atoms with Gasteiger partial charge in [0.15, 0.2) is 0 Å². The van der Waals surface area contributed by atoms with Crippen LogP contribution in [-0.4, -0.2) is 56.6 Å². The average molecular weight is 327 g/mol. The van der Waals surface area contributed by atoms with Crippen LogP contribution in [0.1, 0.15) is 17.5 Å². The third-order valence-corrected chi connectivity index (χ3v) is 4.37. The van der Waals surface area contributed by atoms with Gasteiger partial charge in [0.05, 0.1) is 11.4 Å². The molecule has 5 heteroatoms. The predicted molar refractivity (Wildman–Crippen MR) is 104 cm³/mol. The molecule has 1 aromatic carbocycles. The van der Waals surface area contributed by atoms with Gasteiger partial charge in [-0.1, -0.05) is 6.07 Å². The molecular formula is C19H29N5. The van der Waals surface area contributed by atoms with Crippen LogP contribution in [0.15, 0.2) is 40.0 Å². The summed E-state index contributed by atoms with van der Waals surface area (Å²) in [6, 6.07) is 7.06. The van der Waals surface area contributed by atoms with Gasteiger partial charge in [-0.2, -0.15) is 0 Å². The largest absolute Gasteiger partial charge is 0.333 e. The van der Waals surface area contributed by atoms with E-state index in [2.05, 4.69) is 59.7 Å². The highest BCUT2D eigenvalue weighted by atomic mass is 15.2. The summed E-state index contributed by atoms with van der Waals surface area (Å²) < 4.78 is 0. The molecule has 1 atom stereocenters. The summed E-state index contributed by atoms with van der Waals surface area (Å²) in [5, 5.41) is 3.44. The number of nitrogens with zero attached hydrogens (tertiary/aromatic N) is 3. The van der Waals surface area contributed by atoms with Crippen molar-refractivity contribution in [3.63, 3.8) is 0 Å². The number of benzene rings is 1. The van der Waals surface area contributed by atoms with Gasteiger partial charge in [-0.15, -0.1) is 0 Å². The van der Waals surface area contributed by atoms with Crippen LogP contribution in [0.4, 0.5) is 5.69 Å². The fourth-order valence-electron chi connectivity index (χ4n) is 3.37. The monoisotopic (exact) mass is 327 g/mol. The molecule has 2 heterocycles. The second-order valence-electron chi connectivity index (χ2n) is 6.29. The fraction of sp³-hybridized carbons (Fsp3) is 0.474. The minimum Gasteiger partial charge on any atom is -0.333 e. The predicted octanol–water partition coefficient (Wildman–Crippen LogP) is 2.21. The van der Waals surface area contributed by atoms with Crippen LogP contribution in [0, 0.1) is 13.8 Å². The molecule has 3 rings (SSSR count). The van der Waals surface area contributed by atoms with Gasteiger partial charge in [0, 0.05) is 37.4 Å². The van der Waals surface area contributed by atoms with Crippen LogP contribution in [-0.2, 0) is 0 Å². The van der Waals surface area contributed by atoms with Crippen LogP contribution in [0.3, 0.4) is 0 Å². The standard InChI is InChI=1S/C18H24N4.CH5N/c1-13-6-14(2)8-16(7-13)21-18-12-22(11-15(18)9-19-3)17-4-5-20-10-17;1-2/h6-9,17,20H,3-5,10-12H2,1-2H3;2H2,1H3/b15-9-,21-18?;. The van der Waals surface area contributed by atoms with Crippen molar-refractivity contribution in [2.45, 2.75) is 26.3 Å². The second kappa shape index (κ2) is 8.87. The molecule has 1 aromatic rings. The summed E-state index contributed by atoms with van der Waals surface area (Å²) in [4.78, 5) is 11.4.